The van der Waals surface area contributed by atoms with Crippen LogP contribution in [0.3, 0.4) is 0 Å². The van der Waals surface area contributed by atoms with E-state index < -0.39 is 41.6 Å². The van der Waals surface area contributed by atoms with Gasteiger partial charge in [-0.2, -0.15) is 13.2 Å². The zero-order chi connectivity index (χ0) is 27.0. The lowest BCUT2D eigenvalue weighted by Crippen LogP contribution is -2.35. The van der Waals surface area contributed by atoms with Gasteiger partial charge in [-0.25, -0.2) is 4.39 Å². The number of rotatable bonds is 7. The van der Waals surface area contributed by atoms with E-state index in [1.807, 2.05) is 6.92 Å². The van der Waals surface area contributed by atoms with Gasteiger partial charge in [0.2, 0.25) is 0 Å². The van der Waals surface area contributed by atoms with Crippen molar-refractivity contribution in [1.29, 1.82) is 0 Å². The number of carbonyl (C=O) groups excluding carboxylic acids is 1. The number of hydrogen-bond donors (Lipinski definition) is 1. The van der Waals surface area contributed by atoms with Gasteiger partial charge in [0.25, 0.3) is 5.91 Å². The third-order valence-corrected chi connectivity index (χ3v) is 6.32. The van der Waals surface area contributed by atoms with Crippen LogP contribution < -0.4 is 4.74 Å². The predicted molar refractivity (Wildman–Crippen MR) is 128 cm³/mol. The van der Waals surface area contributed by atoms with Crippen molar-refractivity contribution in [3.05, 3.63) is 99.3 Å². The molecule has 0 unspecified atom stereocenters. The molecule has 3 aromatic carbocycles. The fraction of sp³-hybridized carbons (Fsp3) is 0.259. The molecule has 1 aliphatic heterocycles. The summed E-state index contributed by atoms with van der Waals surface area (Å²) >= 11 is 5.89. The quantitative estimate of drug-likeness (QED) is 0.368. The molecule has 0 bridgehead atoms. The number of ether oxygens (including phenoxy) is 1. The number of carboxylic acids is 1. The van der Waals surface area contributed by atoms with Gasteiger partial charge in [0.05, 0.1) is 10.6 Å². The van der Waals surface area contributed by atoms with E-state index in [1.54, 1.807) is 18.2 Å². The number of amides is 1. The maximum absolute atomic E-state index is 13.5. The number of nitrogens with zero attached hydrogens (tertiary/aromatic N) is 1. The second-order valence-corrected chi connectivity index (χ2v) is 9.64. The molecular weight excluding hydrogens is 514 g/mol. The maximum Gasteiger partial charge on any atom is 0.416 e. The Kier molecular flexibility index (Phi) is 7.19. The SMILES string of the molecule is C[C@@]1(Cc2ccc(F)c(Cl)c2)Cc2cc(C(=O)N(CC(=O)O)Cc3cccc(C(F)(F)F)c3)ccc2O1. The highest BCUT2D eigenvalue weighted by Crippen LogP contribution is 2.38. The van der Waals surface area contributed by atoms with E-state index in [0.29, 0.717) is 18.6 Å². The van der Waals surface area contributed by atoms with Gasteiger partial charge in [-0.05, 0) is 66.1 Å². The Morgan fingerprint density at radius 2 is 1.84 bits per heavy atom. The van der Waals surface area contributed by atoms with E-state index in [1.165, 1.54) is 30.3 Å². The van der Waals surface area contributed by atoms with E-state index in [4.69, 9.17) is 16.3 Å². The Labute approximate surface area is 215 Å². The van der Waals surface area contributed by atoms with Crippen molar-refractivity contribution in [3.63, 3.8) is 0 Å². The fourth-order valence-electron chi connectivity index (χ4n) is 4.45. The van der Waals surface area contributed by atoms with Crippen LogP contribution in [0.25, 0.3) is 0 Å². The van der Waals surface area contributed by atoms with Crippen molar-refractivity contribution in [1.82, 2.24) is 4.90 Å². The summed E-state index contributed by atoms with van der Waals surface area (Å²) < 4.78 is 58.9. The van der Waals surface area contributed by atoms with Gasteiger partial charge < -0.3 is 14.7 Å². The number of alkyl halides is 3. The van der Waals surface area contributed by atoms with Gasteiger partial charge >= 0.3 is 12.1 Å². The molecule has 0 aromatic heterocycles. The molecule has 4 rings (SSSR count). The van der Waals surface area contributed by atoms with E-state index in [-0.39, 0.29) is 22.7 Å². The first-order valence-corrected chi connectivity index (χ1v) is 11.6. The molecule has 3 aromatic rings. The van der Waals surface area contributed by atoms with Crippen LogP contribution in [0.5, 0.6) is 5.75 Å². The van der Waals surface area contributed by atoms with Crippen LogP contribution in [-0.2, 0) is 30.4 Å². The predicted octanol–water partition coefficient (Wildman–Crippen LogP) is 6.16. The molecule has 1 atom stereocenters. The number of carbonyl (C=O) groups is 2. The van der Waals surface area contributed by atoms with Crippen molar-refractivity contribution in [2.75, 3.05) is 6.54 Å². The molecule has 0 aliphatic carbocycles. The molecule has 5 nitrogen and oxygen atoms in total. The number of fused-ring (bicyclic) bond motifs is 1. The van der Waals surface area contributed by atoms with Gasteiger partial charge in [0.15, 0.2) is 0 Å². The van der Waals surface area contributed by atoms with E-state index >= 15 is 0 Å². The monoisotopic (exact) mass is 535 g/mol. The van der Waals surface area contributed by atoms with Crippen LogP contribution in [0.15, 0.2) is 60.7 Å². The minimum absolute atomic E-state index is 0.00351. The van der Waals surface area contributed by atoms with Crippen molar-refractivity contribution < 1.29 is 37.0 Å². The molecule has 0 saturated carbocycles. The number of halogens is 5. The number of aliphatic carboxylic acids is 1. The third kappa shape index (κ3) is 6.22. The van der Waals surface area contributed by atoms with E-state index in [0.717, 1.165) is 28.2 Å². The molecule has 37 heavy (non-hydrogen) atoms. The third-order valence-electron chi connectivity index (χ3n) is 6.03. The lowest BCUT2D eigenvalue weighted by Gasteiger charge is -2.24. The van der Waals surface area contributed by atoms with Crippen LogP contribution in [0.4, 0.5) is 17.6 Å². The molecule has 194 valence electrons. The van der Waals surface area contributed by atoms with Crippen molar-refractivity contribution in [2.24, 2.45) is 0 Å². The summed E-state index contributed by atoms with van der Waals surface area (Å²) in [5, 5.41) is 9.32. The summed E-state index contributed by atoms with van der Waals surface area (Å²) in [4.78, 5) is 25.6. The summed E-state index contributed by atoms with van der Waals surface area (Å²) in [6.07, 6.45) is -3.72. The second-order valence-electron chi connectivity index (χ2n) is 9.23. The first kappa shape index (κ1) is 26.5. The largest absolute Gasteiger partial charge is 0.487 e. The highest BCUT2D eigenvalue weighted by atomic mass is 35.5. The molecule has 10 heteroatoms. The number of hydrogen-bond acceptors (Lipinski definition) is 3. The second kappa shape index (κ2) is 10.0. The summed E-state index contributed by atoms with van der Waals surface area (Å²) in [6.45, 7) is 0.869. The first-order chi connectivity index (χ1) is 17.3. The normalized spacial score (nSPS) is 16.7. The Balaban J connectivity index is 1.54. The minimum atomic E-state index is -4.57. The summed E-state index contributed by atoms with van der Waals surface area (Å²) in [6, 6.07) is 13.5. The van der Waals surface area contributed by atoms with Gasteiger partial charge in [-0.1, -0.05) is 29.8 Å². The molecule has 0 radical (unpaired) electrons. The minimum Gasteiger partial charge on any atom is -0.487 e. The molecular formula is C27H22ClF4NO4. The van der Waals surface area contributed by atoms with Gasteiger partial charge in [0, 0.05) is 24.9 Å². The standard InChI is InChI=1S/C27H22ClF4NO4/c1-26(12-16-5-7-22(29)21(28)10-16)13-19-11-18(6-8-23(19)37-26)25(36)33(15-24(34)35)14-17-3-2-4-20(9-17)27(30,31)32/h2-11H,12-15H2,1H3,(H,34,35)/t26-/m1/s1. The van der Waals surface area contributed by atoms with Crippen LogP contribution in [0, 0.1) is 5.82 Å². The van der Waals surface area contributed by atoms with Crippen molar-refractivity contribution in [3.8, 4) is 5.75 Å². The molecule has 0 saturated heterocycles. The lowest BCUT2D eigenvalue weighted by molar-refractivity contribution is -0.139. The Morgan fingerprint density at radius 1 is 1.08 bits per heavy atom. The Hall–Kier alpha value is -3.59. The van der Waals surface area contributed by atoms with Crippen LogP contribution >= 0.6 is 11.6 Å². The summed E-state index contributed by atoms with van der Waals surface area (Å²) in [5.74, 6) is -1.91. The molecule has 1 N–H and O–H groups in total. The van der Waals surface area contributed by atoms with Crippen molar-refractivity contribution in [2.45, 2.75) is 38.1 Å². The topological polar surface area (TPSA) is 66.8 Å². The van der Waals surface area contributed by atoms with Gasteiger partial charge in [-0.3, -0.25) is 9.59 Å². The molecule has 0 spiro atoms. The summed E-state index contributed by atoms with van der Waals surface area (Å²) in [7, 11) is 0. The van der Waals surface area contributed by atoms with E-state index in [2.05, 4.69) is 0 Å². The fourth-order valence-corrected chi connectivity index (χ4v) is 4.65. The Morgan fingerprint density at radius 3 is 2.51 bits per heavy atom. The smallest absolute Gasteiger partial charge is 0.416 e. The van der Waals surface area contributed by atoms with E-state index in [9.17, 15) is 32.3 Å². The first-order valence-electron chi connectivity index (χ1n) is 11.3. The zero-order valence-corrected chi connectivity index (χ0v) is 20.4. The van der Waals surface area contributed by atoms with Crippen molar-refractivity contribution >= 4 is 23.5 Å². The highest BCUT2D eigenvalue weighted by Gasteiger charge is 2.36. The van der Waals surface area contributed by atoms with Gasteiger partial charge in [-0.15, -0.1) is 0 Å². The zero-order valence-electron chi connectivity index (χ0n) is 19.6. The summed E-state index contributed by atoms with van der Waals surface area (Å²) in [5.41, 5.74) is 0.250. The van der Waals surface area contributed by atoms with Gasteiger partial charge in [0.1, 0.15) is 23.7 Å². The molecule has 1 heterocycles. The highest BCUT2D eigenvalue weighted by molar-refractivity contribution is 6.30. The maximum atomic E-state index is 13.5. The van der Waals surface area contributed by atoms with Crippen LogP contribution in [-0.4, -0.2) is 34.0 Å². The van der Waals surface area contributed by atoms with Crippen LogP contribution in [0.2, 0.25) is 5.02 Å². The average Bonchev–Trinajstić information content (AvgIpc) is 3.14. The Bertz CT molecular complexity index is 1360. The average molecular weight is 536 g/mol. The molecule has 1 amide bonds. The molecule has 1 aliphatic rings. The number of carboxylic acid groups (broad SMARTS) is 1. The number of benzene rings is 3. The van der Waals surface area contributed by atoms with Crippen LogP contribution in [0.1, 0.15) is 39.5 Å². The lowest BCUT2D eigenvalue weighted by atomic mass is 9.91. The molecule has 0 fully saturated rings.